The highest BCUT2D eigenvalue weighted by atomic mass is 16.4. The molecule has 1 aromatic rings. The average molecular weight is 200 g/mol. The van der Waals surface area contributed by atoms with Crippen molar-refractivity contribution in [1.29, 1.82) is 0 Å². The highest BCUT2D eigenvalue weighted by Crippen LogP contribution is 2.20. The van der Waals surface area contributed by atoms with E-state index in [1.165, 1.54) is 12.1 Å². The van der Waals surface area contributed by atoms with E-state index in [1.807, 2.05) is 0 Å². The van der Waals surface area contributed by atoms with E-state index in [1.54, 1.807) is 0 Å². The molecule has 0 saturated carbocycles. The number of aromatic carboxylic acids is 1. The van der Waals surface area contributed by atoms with Crippen LogP contribution in [0.2, 0.25) is 0 Å². The summed E-state index contributed by atoms with van der Waals surface area (Å²) in [4.78, 5) is 10.4. The summed E-state index contributed by atoms with van der Waals surface area (Å²) < 4.78 is 4.87. The minimum atomic E-state index is -1.16. The molecule has 1 unspecified atom stereocenters. The van der Waals surface area contributed by atoms with Gasteiger partial charge in [0.25, 0.3) is 0 Å². The highest BCUT2D eigenvalue weighted by Gasteiger charge is 2.14. The summed E-state index contributed by atoms with van der Waals surface area (Å²) in [6.07, 6.45) is -0.0527. The maximum absolute atomic E-state index is 10.4. The first-order chi connectivity index (χ1) is 6.65. The van der Waals surface area contributed by atoms with Crippen LogP contribution in [0.4, 0.5) is 0 Å². The van der Waals surface area contributed by atoms with Gasteiger partial charge in [0.05, 0.1) is 0 Å². The lowest BCUT2D eigenvalue weighted by atomic mass is 10.1. The first-order valence-corrected chi connectivity index (χ1v) is 4.27. The third kappa shape index (κ3) is 2.58. The van der Waals surface area contributed by atoms with Gasteiger partial charge in [0.15, 0.2) is 0 Å². The van der Waals surface area contributed by atoms with Crippen LogP contribution < -0.4 is 0 Å². The number of aliphatic hydroxyl groups is 2. The van der Waals surface area contributed by atoms with Crippen molar-refractivity contribution in [3.8, 4) is 0 Å². The van der Waals surface area contributed by atoms with Gasteiger partial charge in [-0.05, 0) is 25.0 Å². The van der Waals surface area contributed by atoms with Crippen molar-refractivity contribution < 1.29 is 24.5 Å². The molecule has 1 aromatic heterocycles. The van der Waals surface area contributed by atoms with Crippen LogP contribution in [0.3, 0.4) is 0 Å². The van der Waals surface area contributed by atoms with Crippen LogP contribution in [0.5, 0.6) is 0 Å². The smallest absolute Gasteiger partial charge is 0.371 e. The van der Waals surface area contributed by atoms with Gasteiger partial charge in [-0.25, -0.2) is 4.79 Å². The molecule has 1 rings (SSSR count). The fourth-order valence-electron chi connectivity index (χ4n) is 1.07. The molecular formula is C9H12O5. The van der Waals surface area contributed by atoms with Gasteiger partial charge in [-0.3, -0.25) is 0 Å². The second kappa shape index (κ2) is 4.78. The van der Waals surface area contributed by atoms with Crippen LogP contribution in [0.25, 0.3) is 0 Å². The van der Waals surface area contributed by atoms with E-state index in [9.17, 15) is 9.90 Å². The predicted octanol–water partition coefficient (Wildman–Crippen LogP) is 0.784. The molecule has 3 N–H and O–H groups in total. The summed E-state index contributed by atoms with van der Waals surface area (Å²) in [5.74, 6) is -1.13. The third-order valence-electron chi connectivity index (χ3n) is 1.80. The monoisotopic (exact) mass is 200 g/mol. The zero-order chi connectivity index (χ0) is 10.6. The lowest BCUT2D eigenvalue weighted by Crippen LogP contribution is -1.98. The van der Waals surface area contributed by atoms with Gasteiger partial charge >= 0.3 is 5.97 Å². The Balaban J connectivity index is 2.61. The summed E-state index contributed by atoms with van der Waals surface area (Å²) in [7, 11) is 0. The largest absolute Gasteiger partial charge is 0.475 e. The van der Waals surface area contributed by atoms with Crippen LogP contribution >= 0.6 is 0 Å². The van der Waals surface area contributed by atoms with Gasteiger partial charge < -0.3 is 19.7 Å². The van der Waals surface area contributed by atoms with Crippen LogP contribution in [0, 0.1) is 0 Å². The number of carbonyl (C=O) groups is 1. The zero-order valence-corrected chi connectivity index (χ0v) is 7.51. The SMILES string of the molecule is O=C(O)c1ccc(C(O)CCCO)o1. The summed E-state index contributed by atoms with van der Waals surface area (Å²) in [5.41, 5.74) is 0. The van der Waals surface area contributed by atoms with E-state index in [-0.39, 0.29) is 18.1 Å². The summed E-state index contributed by atoms with van der Waals surface area (Å²) in [6.45, 7) is -0.0104. The van der Waals surface area contributed by atoms with Crippen LogP contribution in [-0.2, 0) is 0 Å². The molecule has 0 fully saturated rings. The number of hydrogen-bond acceptors (Lipinski definition) is 4. The van der Waals surface area contributed by atoms with E-state index >= 15 is 0 Å². The highest BCUT2D eigenvalue weighted by molar-refractivity contribution is 5.84. The number of rotatable bonds is 5. The molecule has 5 nitrogen and oxygen atoms in total. The van der Waals surface area contributed by atoms with Crippen molar-refractivity contribution in [3.05, 3.63) is 23.7 Å². The van der Waals surface area contributed by atoms with Gasteiger partial charge in [0.1, 0.15) is 11.9 Å². The molecule has 0 bridgehead atoms. The van der Waals surface area contributed by atoms with Gasteiger partial charge in [-0.2, -0.15) is 0 Å². The van der Waals surface area contributed by atoms with Crippen molar-refractivity contribution in [2.45, 2.75) is 18.9 Å². The number of aliphatic hydroxyl groups excluding tert-OH is 2. The van der Waals surface area contributed by atoms with Crippen LogP contribution in [0.15, 0.2) is 16.5 Å². The molecule has 0 spiro atoms. The lowest BCUT2D eigenvalue weighted by molar-refractivity contribution is 0.0648. The molecule has 0 aliphatic carbocycles. The van der Waals surface area contributed by atoms with Crippen LogP contribution in [-0.4, -0.2) is 27.9 Å². The van der Waals surface area contributed by atoms with Crippen molar-refractivity contribution in [3.63, 3.8) is 0 Å². The van der Waals surface area contributed by atoms with Crippen molar-refractivity contribution in [1.82, 2.24) is 0 Å². The Hall–Kier alpha value is -1.33. The van der Waals surface area contributed by atoms with Gasteiger partial charge in [-0.15, -0.1) is 0 Å². The lowest BCUT2D eigenvalue weighted by Gasteiger charge is -2.05. The quantitative estimate of drug-likeness (QED) is 0.653. The molecule has 0 aromatic carbocycles. The summed E-state index contributed by atoms with van der Waals surface area (Å²) >= 11 is 0. The first kappa shape index (κ1) is 10.7. The van der Waals surface area contributed by atoms with Crippen molar-refractivity contribution >= 4 is 5.97 Å². The Morgan fingerprint density at radius 1 is 1.50 bits per heavy atom. The van der Waals surface area contributed by atoms with E-state index in [0.29, 0.717) is 12.8 Å². The Labute approximate surface area is 80.6 Å². The van der Waals surface area contributed by atoms with E-state index in [0.717, 1.165) is 0 Å². The summed E-state index contributed by atoms with van der Waals surface area (Å²) in [6, 6.07) is 2.71. The van der Waals surface area contributed by atoms with Gasteiger partial charge in [0.2, 0.25) is 5.76 Å². The third-order valence-corrected chi connectivity index (χ3v) is 1.80. The molecule has 0 saturated heterocycles. The fourth-order valence-corrected chi connectivity index (χ4v) is 1.07. The number of carboxylic acid groups (broad SMARTS) is 1. The Bertz CT molecular complexity index is 304. The molecule has 5 heteroatoms. The van der Waals surface area contributed by atoms with E-state index in [2.05, 4.69) is 0 Å². The predicted molar refractivity (Wildman–Crippen MR) is 46.9 cm³/mol. The summed E-state index contributed by atoms with van der Waals surface area (Å²) in [5, 5.41) is 26.5. The Kier molecular flexibility index (Phi) is 3.67. The fraction of sp³-hybridized carbons (Fsp3) is 0.444. The topological polar surface area (TPSA) is 90.9 Å². The van der Waals surface area contributed by atoms with Crippen LogP contribution in [0.1, 0.15) is 35.3 Å². The van der Waals surface area contributed by atoms with Gasteiger partial charge in [0, 0.05) is 6.61 Å². The molecule has 0 aliphatic heterocycles. The number of carboxylic acids is 1. The number of hydrogen-bond donors (Lipinski definition) is 3. The Morgan fingerprint density at radius 2 is 2.21 bits per heavy atom. The normalized spacial score (nSPS) is 12.7. The average Bonchev–Trinajstić information content (AvgIpc) is 2.62. The number of furan rings is 1. The van der Waals surface area contributed by atoms with E-state index in [4.69, 9.17) is 14.6 Å². The maximum Gasteiger partial charge on any atom is 0.371 e. The first-order valence-electron chi connectivity index (χ1n) is 4.27. The molecule has 78 valence electrons. The molecule has 1 atom stereocenters. The minimum absolute atomic E-state index is 0.0104. The molecule has 14 heavy (non-hydrogen) atoms. The standard InChI is InChI=1S/C9H12O5/c10-5-1-2-6(11)7-3-4-8(14-7)9(12)13/h3-4,6,10-11H,1-2,5H2,(H,12,13). The molecule has 0 amide bonds. The molecule has 1 heterocycles. The Morgan fingerprint density at radius 3 is 2.71 bits per heavy atom. The second-order valence-corrected chi connectivity index (χ2v) is 2.89. The maximum atomic E-state index is 10.4. The second-order valence-electron chi connectivity index (χ2n) is 2.89. The molecule has 0 aliphatic rings. The zero-order valence-electron chi connectivity index (χ0n) is 7.51. The molecular weight excluding hydrogens is 188 g/mol. The van der Waals surface area contributed by atoms with Crippen molar-refractivity contribution in [2.75, 3.05) is 6.61 Å². The minimum Gasteiger partial charge on any atom is -0.475 e. The van der Waals surface area contributed by atoms with Crippen molar-refractivity contribution in [2.24, 2.45) is 0 Å². The molecule has 0 radical (unpaired) electrons. The van der Waals surface area contributed by atoms with Gasteiger partial charge in [-0.1, -0.05) is 0 Å². The van der Waals surface area contributed by atoms with E-state index < -0.39 is 12.1 Å².